The number of hydroxylamine groups is 2. The molecule has 0 aliphatic carbocycles. The molecular weight excluding hydrogens is 396 g/mol. The van der Waals surface area contributed by atoms with Crippen LogP contribution < -0.4 is 5.73 Å². The van der Waals surface area contributed by atoms with Crippen LogP contribution in [0, 0.1) is 0 Å². The van der Waals surface area contributed by atoms with Gasteiger partial charge in [0.15, 0.2) is 12.3 Å². The number of aliphatic hydroxyl groups is 1. The molecule has 3 N–H and O–H groups in total. The van der Waals surface area contributed by atoms with Gasteiger partial charge in [0.05, 0.1) is 13.2 Å². The third kappa shape index (κ3) is 5.20. The molecule has 2 rings (SSSR count). The molecular formula is C19H32N4O7. The lowest BCUT2D eigenvalue weighted by molar-refractivity contribution is -0.272. The van der Waals surface area contributed by atoms with E-state index in [2.05, 4.69) is 0 Å². The number of carbonyl (C=O) groups excluding carboxylic acids is 4. The normalized spacial score (nSPS) is 25.2. The molecule has 2 aliphatic rings. The topological polar surface area (TPSA) is 143 Å². The SMILES string of the molecule is CCCC[C@H]1C(=O)N(CCC(N)=O)C[C@@H]2N(C(=O)O[C@@H](C)CC)O[C@@H](CO)C(=O)N21. The Kier molecular flexibility index (Phi) is 8.42. The number of primary amides is 1. The standard InChI is InChI=1S/C19H32N4O7/c1-4-6-7-13-17(26)21(9-8-15(20)25)10-16-22(13)18(27)14(11-24)30-23(16)19(28)29-12(3)5-2/h12-14,16,24H,4-11H2,1-3H3,(H2,20,25)/t12-,13-,14-,16-/m0/s1. The van der Waals surface area contributed by atoms with Gasteiger partial charge in [-0.25, -0.2) is 4.79 Å². The molecule has 2 fully saturated rings. The molecule has 2 heterocycles. The summed E-state index contributed by atoms with van der Waals surface area (Å²) in [7, 11) is 0. The van der Waals surface area contributed by atoms with Gasteiger partial charge in [-0.2, -0.15) is 5.06 Å². The monoisotopic (exact) mass is 428 g/mol. The first-order chi connectivity index (χ1) is 14.2. The molecule has 0 unspecified atom stereocenters. The molecule has 30 heavy (non-hydrogen) atoms. The highest BCUT2D eigenvalue weighted by Crippen LogP contribution is 2.30. The minimum absolute atomic E-state index is 0.0374. The second-order valence-electron chi connectivity index (χ2n) is 7.59. The maximum atomic E-state index is 13.1. The van der Waals surface area contributed by atoms with Crippen LogP contribution in [-0.4, -0.2) is 87.9 Å². The Morgan fingerprint density at radius 2 is 2.00 bits per heavy atom. The predicted molar refractivity (Wildman–Crippen MR) is 104 cm³/mol. The van der Waals surface area contributed by atoms with Crippen molar-refractivity contribution < 1.29 is 33.9 Å². The van der Waals surface area contributed by atoms with Gasteiger partial charge in [0.25, 0.3) is 5.91 Å². The fourth-order valence-corrected chi connectivity index (χ4v) is 3.51. The number of hydrogen-bond donors (Lipinski definition) is 2. The molecule has 0 radical (unpaired) electrons. The first-order valence-corrected chi connectivity index (χ1v) is 10.4. The molecule has 0 aromatic heterocycles. The van der Waals surface area contributed by atoms with Crippen LogP contribution in [-0.2, 0) is 24.0 Å². The Hall–Kier alpha value is -2.40. The van der Waals surface area contributed by atoms with E-state index in [1.165, 1.54) is 9.80 Å². The van der Waals surface area contributed by atoms with E-state index in [1.807, 2.05) is 13.8 Å². The molecule has 4 atom stereocenters. The van der Waals surface area contributed by atoms with Crippen molar-refractivity contribution in [2.24, 2.45) is 5.73 Å². The molecule has 0 aromatic rings. The molecule has 2 saturated heterocycles. The summed E-state index contributed by atoms with van der Waals surface area (Å²) >= 11 is 0. The van der Waals surface area contributed by atoms with Gasteiger partial charge in [-0.3, -0.25) is 19.2 Å². The number of piperazine rings is 1. The molecule has 170 valence electrons. The van der Waals surface area contributed by atoms with Gasteiger partial charge in [-0.05, 0) is 19.8 Å². The van der Waals surface area contributed by atoms with Crippen LogP contribution in [0.3, 0.4) is 0 Å². The van der Waals surface area contributed by atoms with Crippen molar-refractivity contribution >= 4 is 23.8 Å². The number of hydrogen-bond acceptors (Lipinski definition) is 7. The van der Waals surface area contributed by atoms with Crippen LogP contribution in [0.5, 0.6) is 0 Å². The maximum absolute atomic E-state index is 13.1. The second kappa shape index (κ2) is 10.6. The van der Waals surface area contributed by atoms with Crippen LogP contribution in [0.2, 0.25) is 0 Å². The zero-order valence-corrected chi connectivity index (χ0v) is 17.8. The molecule has 0 bridgehead atoms. The molecule has 4 amide bonds. The van der Waals surface area contributed by atoms with Gasteiger partial charge >= 0.3 is 6.09 Å². The zero-order valence-electron chi connectivity index (χ0n) is 17.8. The van der Waals surface area contributed by atoms with Crippen LogP contribution in [0.4, 0.5) is 4.79 Å². The third-order valence-electron chi connectivity index (χ3n) is 5.36. The smallest absolute Gasteiger partial charge is 0.436 e. The van der Waals surface area contributed by atoms with E-state index in [4.69, 9.17) is 15.3 Å². The van der Waals surface area contributed by atoms with Gasteiger partial charge < -0.3 is 25.4 Å². The highest BCUT2D eigenvalue weighted by atomic mass is 16.7. The number of unbranched alkanes of at least 4 members (excludes halogenated alkanes) is 1. The quantitative estimate of drug-likeness (QED) is 0.524. The predicted octanol–water partition coefficient (Wildman–Crippen LogP) is -0.0393. The van der Waals surface area contributed by atoms with Crippen LogP contribution >= 0.6 is 0 Å². The Morgan fingerprint density at radius 1 is 1.30 bits per heavy atom. The van der Waals surface area contributed by atoms with Gasteiger partial charge in [0, 0.05) is 13.0 Å². The van der Waals surface area contributed by atoms with Gasteiger partial charge in [-0.15, -0.1) is 0 Å². The number of carbonyl (C=O) groups is 4. The summed E-state index contributed by atoms with van der Waals surface area (Å²) in [6.45, 7) is 4.93. The lowest BCUT2D eigenvalue weighted by Gasteiger charge is -2.52. The summed E-state index contributed by atoms with van der Waals surface area (Å²) in [6.07, 6.45) is -1.00. The minimum atomic E-state index is -1.31. The number of fused-ring (bicyclic) bond motifs is 1. The Bertz CT molecular complexity index is 659. The van der Waals surface area contributed by atoms with E-state index in [1.54, 1.807) is 6.92 Å². The van der Waals surface area contributed by atoms with Crippen molar-refractivity contribution in [2.45, 2.75) is 77.3 Å². The summed E-state index contributed by atoms with van der Waals surface area (Å²) in [5.41, 5.74) is 5.23. The Labute approximate surface area is 176 Å². The highest BCUT2D eigenvalue weighted by Gasteiger charge is 2.53. The summed E-state index contributed by atoms with van der Waals surface area (Å²) < 4.78 is 5.36. The molecule has 0 saturated carbocycles. The van der Waals surface area contributed by atoms with E-state index < -0.39 is 42.8 Å². The van der Waals surface area contributed by atoms with E-state index >= 15 is 0 Å². The average Bonchev–Trinajstić information content (AvgIpc) is 2.71. The molecule has 11 nitrogen and oxygen atoms in total. The maximum Gasteiger partial charge on any atom is 0.436 e. The summed E-state index contributed by atoms with van der Waals surface area (Å²) in [6, 6.07) is -0.832. The van der Waals surface area contributed by atoms with Crippen molar-refractivity contribution in [2.75, 3.05) is 19.7 Å². The van der Waals surface area contributed by atoms with Crippen molar-refractivity contribution in [1.29, 1.82) is 0 Å². The van der Waals surface area contributed by atoms with Gasteiger partial charge in [0.1, 0.15) is 12.1 Å². The number of ether oxygens (including phenoxy) is 1. The zero-order chi connectivity index (χ0) is 22.4. The first kappa shape index (κ1) is 23.9. The van der Waals surface area contributed by atoms with Crippen molar-refractivity contribution in [3.63, 3.8) is 0 Å². The minimum Gasteiger partial charge on any atom is -0.445 e. The Balaban J connectivity index is 2.37. The number of rotatable bonds is 9. The molecule has 11 heteroatoms. The third-order valence-corrected chi connectivity index (χ3v) is 5.36. The number of aliphatic hydroxyl groups excluding tert-OH is 1. The number of nitrogens with zero attached hydrogens (tertiary/aromatic N) is 3. The summed E-state index contributed by atoms with van der Waals surface area (Å²) in [4.78, 5) is 58.2. The number of nitrogens with two attached hydrogens (primary N) is 1. The summed E-state index contributed by atoms with van der Waals surface area (Å²) in [5.74, 6) is -1.43. The van der Waals surface area contributed by atoms with Crippen molar-refractivity contribution in [3.8, 4) is 0 Å². The van der Waals surface area contributed by atoms with Crippen molar-refractivity contribution in [1.82, 2.24) is 14.9 Å². The first-order valence-electron chi connectivity index (χ1n) is 10.4. The average molecular weight is 428 g/mol. The molecule has 0 spiro atoms. The van der Waals surface area contributed by atoms with Crippen molar-refractivity contribution in [3.05, 3.63) is 0 Å². The van der Waals surface area contributed by atoms with Gasteiger partial charge in [0.2, 0.25) is 11.8 Å². The van der Waals surface area contributed by atoms with E-state index in [-0.39, 0.29) is 31.5 Å². The van der Waals surface area contributed by atoms with E-state index in [0.717, 1.165) is 11.5 Å². The largest absolute Gasteiger partial charge is 0.445 e. The van der Waals surface area contributed by atoms with Crippen LogP contribution in [0.1, 0.15) is 52.9 Å². The van der Waals surface area contributed by atoms with Crippen LogP contribution in [0.25, 0.3) is 0 Å². The van der Waals surface area contributed by atoms with Crippen LogP contribution in [0.15, 0.2) is 0 Å². The lowest BCUT2D eigenvalue weighted by atomic mass is 10.0. The van der Waals surface area contributed by atoms with E-state index in [0.29, 0.717) is 19.3 Å². The van der Waals surface area contributed by atoms with E-state index in [9.17, 15) is 24.3 Å². The molecule has 0 aromatic carbocycles. The fraction of sp³-hybridized carbons (Fsp3) is 0.789. The Morgan fingerprint density at radius 3 is 2.57 bits per heavy atom. The number of amides is 4. The highest BCUT2D eigenvalue weighted by molar-refractivity contribution is 5.92. The summed E-state index contributed by atoms with van der Waals surface area (Å²) in [5, 5.41) is 10.5. The fourth-order valence-electron chi connectivity index (χ4n) is 3.51. The van der Waals surface area contributed by atoms with Gasteiger partial charge in [-0.1, -0.05) is 26.7 Å². The second-order valence-corrected chi connectivity index (χ2v) is 7.59. The lowest BCUT2D eigenvalue weighted by Crippen LogP contribution is -2.74. The molecule has 2 aliphatic heterocycles.